The van der Waals surface area contributed by atoms with Crippen molar-refractivity contribution < 1.29 is 19.9 Å². The van der Waals surface area contributed by atoms with E-state index >= 15 is 0 Å². The quantitative estimate of drug-likeness (QED) is 0.587. The van der Waals surface area contributed by atoms with Crippen LogP contribution in [0.15, 0.2) is 48.5 Å². The van der Waals surface area contributed by atoms with Gasteiger partial charge in [0.2, 0.25) is 0 Å². The fraction of sp³-hybridized carbons (Fsp3) is 0.222. The summed E-state index contributed by atoms with van der Waals surface area (Å²) in [6.07, 6.45) is -1.11. The second-order valence-corrected chi connectivity index (χ2v) is 5.83. The normalized spacial score (nSPS) is 15.8. The van der Waals surface area contributed by atoms with Crippen molar-refractivity contribution >= 4 is 11.8 Å². The molecule has 124 valence electrons. The third kappa shape index (κ3) is 2.77. The third-order valence-corrected chi connectivity index (χ3v) is 4.22. The molecule has 24 heavy (non-hydrogen) atoms. The molecule has 6 heteroatoms. The lowest BCUT2D eigenvalue weighted by molar-refractivity contribution is -0.137. The molecule has 0 radical (unpaired) electrons. The Morgan fingerprint density at radius 1 is 1.17 bits per heavy atom. The lowest BCUT2D eigenvalue weighted by Gasteiger charge is -2.27. The van der Waals surface area contributed by atoms with Gasteiger partial charge in [-0.1, -0.05) is 36.4 Å². The minimum Gasteiger partial charge on any atom is -0.391 e. The molecule has 1 aliphatic rings. The number of fused-ring (bicyclic) bond motifs is 1. The van der Waals surface area contributed by atoms with E-state index in [9.17, 15) is 14.7 Å². The van der Waals surface area contributed by atoms with E-state index in [1.807, 2.05) is 42.5 Å². The molecule has 0 bridgehead atoms. The molecule has 1 heterocycles. The molecular weight excluding hydrogens is 308 g/mol. The Bertz CT molecular complexity index is 774. The molecule has 2 atom stereocenters. The zero-order valence-corrected chi connectivity index (χ0v) is 13.1. The summed E-state index contributed by atoms with van der Waals surface area (Å²) in [6, 6.07) is 14.1. The first-order chi connectivity index (χ1) is 11.5. The van der Waals surface area contributed by atoms with Gasteiger partial charge in [0.05, 0.1) is 6.10 Å². The maximum Gasteiger partial charge on any atom is 0.268 e. The summed E-state index contributed by atoms with van der Waals surface area (Å²) in [5, 5.41) is 18.7. The van der Waals surface area contributed by atoms with Crippen LogP contribution in [-0.4, -0.2) is 39.2 Å². The Morgan fingerprint density at radius 3 is 2.50 bits per heavy atom. The van der Waals surface area contributed by atoms with Gasteiger partial charge >= 0.3 is 0 Å². The highest BCUT2D eigenvalue weighted by atomic mass is 16.5. The van der Waals surface area contributed by atoms with Crippen LogP contribution in [0.3, 0.4) is 0 Å². The molecule has 1 aliphatic heterocycles. The van der Waals surface area contributed by atoms with Gasteiger partial charge in [0, 0.05) is 12.1 Å². The Balaban J connectivity index is 1.94. The van der Waals surface area contributed by atoms with E-state index in [2.05, 4.69) is 0 Å². The number of amides is 2. The van der Waals surface area contributed by atoms with Crippen molar-refractivity contribution in [1.82, 2.24) is 10.4 Å². The monoisotopic (exact) mass is 326 g/mol. The Morgan fingerprint density at radius 2 is 1.88 bits per heavy atom. The van der Waals surface area contributed by atoms with Gasteiger partial charge in [0.15, 0.2) is 0 Å². The zero-order chi connectivity index (χ0) is 17.3. The standard InChI is InChI=1S/C18H18N2O4/c1-11(21)16(17(22)19-24)20-10-14-9-13(7-8-15(14)18(20)23)12-5-3-2-4-6-12/h2-9,11,16,21,24H,10H2,1H3,(H,19,22)/t11-,16-/m1/s1. The maximum absolute atomic E-state index is 12.6. The highest BCUT2D eigenvalue weighted by molar-refractivity contribution is 6.01. The molecule has 0 saturated carbocycles. The average Bonchev–Trinajstić information content (AvgIpc) is 2.91. The zero-order valence-electron chi connectivity index (χ0n) is 13.1. The smallest absolute Gasteiger partial charge is 0.268 e. The maximum atomic E-state index is 12.6. The summed E-state index contributed by atoms with van der Waals surface area (Å²) in [7, 11) is 0. The second kappa shape index (κ2) is 6.43. The van der Waals surface area contributed by atoms with Crippen LogP contribution < -0.4 is 5.48 Å². The first kappa shape index (κ1) is 16.2. The van der Waals surface area contributed by atoms with Gasteiger partial charge < -0.3 is 10.0 Å². The van der Waals surface area contributed by atoms with Gasteiger partial charge in [-0.3, -0.25) is 14.8 Å². The average molecular weight is 326 g/mol. The van der Waals surface area contributed by atoms with Crippen LogP contribution in [0, 0.1) is 0 Å². The number of hydrogen-bond donors (Lipinski definition) is 3. The van der Waals surface area contributed by atoms with Crippen molar-refractivity contribution in [3.05, 3.63) is 59.7 Å². The molecule has 6 nitrogen and oxygen atoms in total. The minimum atomic E-state index is -1.14. The molecule has 2 aromatic rings. The van der Waals surface area contributed by atoms with E-state index in [4.69, 9.17) is 5.21 Å². The lowest BCUT2D eigenvalue weighted by Crippen LogP contribution is -2.52. The van der Waals surface area contributed by atoms with Crippen molar-refractivity contribution in [2.45, 2.75) is 25.6 Å². The molecule has 0 saturated heterocycles. The van der Waals surface area contributed by atoms with Gasteiger partial charge in [0.1, 0.15) is 6.04 Å². The first-order valence-corrected chi connectivity index (χ1v) is 7.64. The number of carbonyl (C=O) groups excluding carboxylic acids is 2. The molecule has 2 aromatic carbocycles. The number of aliphatic hydroxyl groups excluding tert-OH is 1. The minimum absolute atomic E-state index is 0.206. The highest BCUT2D eigenvalue weighted by Crippen LogP contribution is 2.30. The predicted octanol–water partition coefficient (Wildman–Crippen LogP) is 1.56. The molecule has 0 unspecified atom stereocenters. The Labute approximate surface area is 139 Å². The number of nitrogens with one attached hydrogen (secondary N) is 1. The summed E-state index contributed by atoms with van der Waals surface area (Å²) < 4.78 is 0. The van der Waals surface area contributed by atoms with Crippen LogP contribution in [0.25, 0.3) is 11.1 Å². The highest BCUT2D eigenvalue weighted by Gasteiger charge is 2.39. The van der Waals surface area contributed by atoms with Gasteiger partial charge in [-0.2, -0.15) is 0 Å². The third-order valence-electron chi connectivity index (χ3n) is 4.22. The predicted molar refractivity (Wildman–Crippen MR) is 87.1 cm³/mol. The molecule has 0 aromatic heterocycles. The summed E-state index contributed by atoms with van der Waals surface area (Å²) in [5.41, 5.74) is 4.82. The fourth-order valence-electron chi connectivity index (χ4n) is 3.07. The number of carbonyl (C=O) groups is 2. The molecule has 0 aliphatic carbocycles. The van der Waals surface area contributed by atoms with E-state index in [0.717, 1.165) is 16.7 Å². The number of hydrogen-bond acceptors (Lipinski definition) is 4. The van der Waals surface area contributed by atoms with E-state index < -0.39 is 18.1 Å². The number of nitrogens with zero attached hydrogens (tertiary/aromatic N) is 1. The van der Waals surface area contributed by atoms with Crippen molar-refractivity contribution in [3.8, 4) is 11.1 Å². The van der Waals surface area contributed by atoms with Gasteiger partial charge in [-0.05, 0) is 35.7 Å². The number of hydroxylamine groups is 1. The van der Waals surface area contributed by atoms with Crippen LogP contribution in [-0.2, 0) is 11.3 Å². The van der Waals surface area contributed by atoms with Crippen molar-refractivity contribution in [2.75, 3.05) is 0 Å². The second-order valence-electron chi connectivity index (χ2n) is 5.83. The summed E-state index contributed by atoms with van der Waals surface area (Å²) >= 11 is 0. The van der Waals surface area contributed by atoms with Crippen molar-refractivity contribution in [1.29, 1.82) is 0 Å². The van der Waals surface area contributed by atoms with E-state index in [1.54, 1.807) is 6.07 Å². The summed E-state index contributed by atoms with van der Waals surface area (Å²) in [6.45, 7) is 1.61. The molecule has 2 amide bonds. The Kier molecular flexibility index (Phi) is 4.33. The fourth-order valence-corrected chi connectivity index (χ4v) is 3.07. The SMILES string of the molecule is C[C@@H](O)[C@H](C(=O)NO)N1Cc2cc(-c3ccccc3)ccc2C1=O. The van der Waals surface area contributed by atoms with Crippen molar-refractivity contribution in [2.24, 2.45) is 0 Å². The van der Waals surface area contributed by atoms with Crippen LogP contribution in [0.5, 0.6) is 0 Å². The molecule has 3 N–H and O–H groups in total. The number of aliphatic hydroxyl groups is 1. The van der Waals surface area contributed by atoms with Crippen LogP contribution in [0.4, 0.5) is 0 Å². The molecule has 0 fully saturated rings. The summed E-state index contributed by atoms with van der Waals surface area (Å²) in [5.74, 6) is -1.14. The van der Waals surface area contributed by atoms with Crippen LogP contribution >= 0.6 is 0 Å². The molecule has 3 rings (SSSR count). The van der Waals surface area contributed by atoms with E-state index in [1.165, 1.54) is 17.3 Å². The van der Waals surface area contributed by atoms with Crippen LogP contribution in [0.1, 0.15) is 22.8 Å². The summed E-state index contributed by atoms with van der Waals surface area (Å²) in [4.78, 5) is 25.6. The van der Waals surface area contributed by atoms with E-state index in [-0.39, 0.29) is 12.5 Å². The van der Waals surface area contributed by atoms with Crippen molar-refractivity contribution in [3.63, 3.8) is 0 Å². The first-order valence-electron chi connectivity index (χ1n) is 7.64. The molecule has 0 spiro atoms. The largest absolute Gasteiger partial charge is 0.391 e. The van der Waals surface area contributed by atoms with Gasteiger partial charge in [0.25, 0.3) is 11.8 Å². The van der Waals surface area contributed by atoms with Gasteiger partial charge in [-0.15, -0.1) is 0 Å². The van der Waals surface area contributed by atoms with Crippen LogP contribution in [0.2, 0.25) is 0 Å². The Hall–Kier alpha value is -2.70. The lowest BCUT2D eigenvalue weighted by atomic mass is 10.0. The van der Waals surface area contributed by atoms with Gasteiger partial charge in [-0.25, -0.2) is 5.48 Å². The number of rotatable bonds is 4. The topological polar surface area (TPSA) is 89.9 Å². The molecular formula is C18H18N2O4. The van der Waals surface area contributed by atoms with E-state index in [0.29, 0.717) is 5.56 Å². The number of benzene rings is 2.